The molecule has 7 aromatic carbocycles. The molecule has 0 bridgehead atoms. The van der Waals surface area contributed by atoms with Crippen LogP contribution in [0.2, 0.25) is 0 Å². The average molecular weight is 694 g/mol. The predicted molar refractivity (Wildman–Crippen MR) is 222 cm³/mol. The summed E-state index contributed by atoms with van der Waals surface area (Å²) < 4.78 is 7.03. The van der Waals surface area contributed by atoms with E-state index in [4.69, 9.17) is 15.0 Å². The molecular formula is C47H27N5S. The minimum absolute atomic E-state index is 0.609. The third-order valence-electron chi connectivity index (χ3n) is 10.8. The fourth-order valence-corrected chi connectivity index (χ4v) is 9.82. The van der Waals surface area contributed by atoms with Crippen molar-refractivity contribution in [2.75, 3.05) is 0 Å². The van der Waals surface area contributed by atoms with E-state index in [1.807, 2.05) is 23.6 Å². The van der Waals surface area contributed by atoms with Crippen LogP contribution in [0, 0.1) is 0 Å². The predicted octanol–water partition coefficient (Wildman–Crippen LogP) is 12.4. The first kappa shape index (κ1) is 28.8. The number of aromatic nitrogens is 5. The van der Waals surface area contributed by atoms with Crippen molar-refractivity contribution in [2.24, 2.45) is 0 Å². The van der Waals surface area contributed by atoms with E-state index in [0.29, 0.717) is 5.95 Å². The van der Waals surface area contributed by atoms with Gasteiger partial charge < -0.3 is 4.57 Å². The summed E-state index contributed by atoms with van der Waals surface area (Å²) >= 11 is 1.83. The summed E-state index contributed by atoms with van der Waals surface area (Å²) in [5.74, 6) is 0.609. The monoisotopic (exact) mass is 693 g/mol. The summed E-state index contributed by atoms with van der Waals surface area (Å²) in [4.78, 5) is 15.9. The van der Waals surface area contributed by atoms with Gasteiger partial charge in [0.1, 0.15) is 5.65 Å². The zero-order chi connectivity index (χ0) is 34.6. The van der Waals surface area contributed by atoms with Gasteiger partial charge in [0, 0.05) is 59.9 Å². The van der Waals surface area contributed by atoms with Crippen molar-refractivity contribution in [3.63, 3.8) is 0 Å². The molecule has 5 nitrogen and oxygen atoms in total. The van der Waals surface area contributed by atoms with E-state index in [1.54, 1.807) is 0 Å². The van der Waals surface area contributed by atoms with E-state index < -0.39 is 0 Å². The van der Waals surface area contributed by atoms with Gasteiger partial charge in [-0.3, -0.25) is 4.57 Å². The Labute approximate surface area is 306 Å². The third kappa shape index (κ3) is 3.98. The van der Waals surface area contributed by atoms with Crippen LogP contribution >= 0.6 is 11.3 Å². The van der Waals surface area contributed by atoms with Crippen LogP contribution in [0.1, 0.15) is 0 Å². The Morgan fingerprint density at radius 1 is 0.472 bits per heavy atom. The van der Waals surface area contributed by atoms with Gasteiger partial charge in [0.15, 0.2) is 0 Å². The van der Waals surface area contributed by atoms with Crippen molar-refractivity contribution >= 4 is 96.9 Å². The van der Waals surface area contributed by atoms with Crippen LogP contribution in [0.4, 0.5) is 0 Å². The molecule has 0 aliphatic rings. The molecule has 0 fully saturated rings. The summed E-state index contributed by atoms with van der Waals surface area (Å²) in [7, 11) is 0. The number of hydrogen-bond acceptors (Lipinski definition) is 4. The lowest BCUT2D eigenvalue weighted by Gasteiger charge is -2.13. The molecule has 0 atom stereocenters. The summed E-state index contributed by atoms with van der Waals surface area (Å²) in [6.07, 6.45) is 1.88. The molecule has 12 rings (SSSR count). The van der Waals surface area contributed by atoms with Crippen LogP contribution < -0.4 is 0 Å². The number of benzene rings is 7. The number of fused-ring (bicyclic) bond motifs is 14. The summed E-state index contributed by atoms with van der Waals surface area (Å²) in [6.45, 7) is 0. The Kier molecular flexibility index (Phi) is 5.87. The smallest absolute Gasteiger partial charge is 0.237 e. The number of thiophene rings is 1. The van der Waals surface area contributed by atoms with E-state index in [-0.39, 0.29) is 0 Å². The first-order valence-corrected chi connectivity index (χ1v) is 18.6. The molecule has 5 aromatic heterocycles. The SMILES string of the molecule is c1ccc(-n2c3ccccc3c3cc(-c4nc(-n5c6ncccc6c6c7ccccc7c7c8ccccc8sc7c65)nc5ccccc45)ccc32)cc1. The Morgan fingerprint density at radius 3 is 2.02 bits per heavy atom. The fourth-order valence-electron chi connectivity index (χ4n) is 8.56. The number of para-hydroxylation sites is 3. The highest BCUT2D eigenvalue weighted by Gasteiger charge is 2.24. The lowest BCUT2D eigenvalue weighted by molar-refractivity contribution is 1.00. The lowest BCUT2D eigenvalue weighted by atomic mass is 9.99. The highest BCUT2D eigenvalue weighted by Crippen LogP contribution is 2.47. The molecule has 246 valence electrons. The summed E-state index contributed by atoms with van der Waals surface area (Å²) in [5, 5.41) is 10.6. The molecule has 0 N–H and O–H groups in total. The molecule has 0 aliphatic carbocycles. The van der Waals surface area contributed by atoms with Gasteiger partial charge >= 0.3 is 0 Å². The van der Waals surface area contributed by atoms with Gasteiger partial charge in [0.05, 0.1) is 32.5 Å². The topological polar surface area (TPSA) is 48.5 Å². The fraction of sp³-hybridized carbons (Fsp3) is 0. The van der Waals surface area contributed by atoms with Gasteiger partial charge in [-0.1, -0.05) is 103 Å². The maximum absolute atomic E-state index is 5.52. The second-order valence-corrected chi connectivity index (χ2v) is 14.6. The number of hydrogen-bond donors (Lipinski definition) is 0. The van der Waals surface area contributed by atoms with Crippen LogP contribution in [-0.2, 0) is 0 Å². The van der Waals surface area contributed by atoms with Gasteiger partial charge in [-0.05, 0) is 65.4 Å². The Bertz CT molecular complexity index is 3460. The molecule has 0 amide bonds. The molecule has 12 aromatic rings. The van der Waals surface area contributed by atoms with E-state index >= 15 is 0 Å². The molecule has 0 saturated heterocycles. The minimum Gasteiger partial charge on any atom is -0.309 e. The minimum atomic E-state index is 0.609. The maximum Gasteiger partial charge on any atom is 0.237 e. The van der Waals surface area contributed by atoms with E-state index in [0.717, 1.165) is 49.9 Å². The van der Waals surface area contributed by atoms with Crippen LogP contribution in [0.15, 0.2) is 164 Å². The van der Waals surface area contributed by atoms with Crippen molar-refractivity contribution in [1.82, 2.24) is 24.1 Å². The average Bonchev–Trinajstić information content (AvgIpc) is 3.89. The van der Waals surface area contributed by atoms with Gasteiger partial charge in [0.2, 0.25) is 5.95 Å². The quantitative estimate of drug-likeness (QED) is 0.185. The lowest BCUT2D eigenvalue weighted by Crippen LogP contribution is -2.04. The second kappa shape index (κ2) is 10.8. The van der Waals surface area contributed by atoms with Crippen molar-refractivity contribution in [3.8, 4) is 22.9 Å². The van der Waals surface area contributed by atoms with Crippen LogP contribution in [0.3, 0.4) is 0 Å². The molecular weight excluding hydrogens is 667 g/mol. The molecule has 53 heavy (non-hydrogen) atoms. The molecule has 0 saturated carbocycles. The van der Waals surface area contributed by atoms with E-state index in [9.17, 15) is 0 Å². The summed E-state index contributed by atoms with van der Waals surface area (Å²) in [5.41, 5.74) is 8.23. The Hall–Kier alpha value is -6.89. The van der Waals surface area contributed by atoms with Gasteiger partial charge in [-0.15, -0.1) is 11.3 Å². The van der Waals surface area contributed by atoms with Crippen LogP contribution in [-0.4, -0.2) is 24.1 Å². The summed E-state index contributed by atoms with van der Waals surface area (Å²) in [6, 6.07) is 56.1. The molecule has 0 radical (unpaired) electrons. The molecule has 6 heteroatoms. The standard InChI is InChI=1S/C47H27N5S/c1-2-13-29(14-3-1)51-38-22-10-7-15-30(38)36-27-28(24-25-39(36)51)43-33-18-6-9-21-37(33)49-47(50-43)52-44-41(35-20-12-26-48-46(35)52)31-16-4-5-17-32(31)42-34-19-8-11-23-40(34)53-45(42)44/h1-27H. The van der Waals surface area contributed by atoms with Gasteiger partial charge in [-0.2, -0.15) is 0 Å². The van der Waals surface area contributed by atoms with Crippen LogP contribution in [0.5, 0.6) is 0 Å². The number of rotatable bonds is 3. The highest BCUT2D eigenvalue weighted by molar-refractivity contribution is 7.27. The van der Waals surface area contributed by atoms with E-state index in [2.05, 4.69) is 161 Å². The Morgan fingerprint density at radius 2 is 1.15 bits per heavy atom. The number of nitrogens with zero attached hydrogens (tertiary/aromatic N) is 5. The first-order chi connectivity index (χ1) is 26.3. The second-order valence-electron chi connectivity index (χ2n) is 13.6. The molecule has 0 spiro atoms. The van der Waals surface area contributed by atoms with Crippen molar-refractivity contribution < 1.29 is 0 Å². The molecule has 0 aliphatic heterocycles. The van der Waals surface area contributed by atoms with Crippen LogP contribution in [0.25, 0.3) is 108 Å². The first-order valence-electron chi connectivity index (χ1n) is 17.8. The zero-order valence-corrected chi connectivity index (χ0v) is 29.0. The Balaban J connectivity index is 1.20. The van der Waals surface area contributed by atoms with Crippen molar-refractivity contribution in [2.45, 2.75) is 0 Å². The van der Waals surface area contributed by atoms with Crippen molar-refractivity contribution in [3.05, 3.63) is 164 Å². The third-order valence-corrected chi connectivity index (χ3v) is 11.9. The number of pyridine rings is 1. The van der Waals surface area contributed by atoms with Gasteiger partial charge in [-0.25, -0.2) is 15.0 Å². The largest absolute Gasteiger partial charge is 0.309 e. The maximum atomic E-state index is 5.52. The normalized spacial score (nSPS) is 12.2. The highest BCUT2D eigenvalue weighted by atomic mass is 32.1. The molecule has 0 unspecified atom stereocenters. The zero-order valence-electron chi connectivity index (χ0n) is 28.2. The molecule has 5 heterocycles. The van der Waals surface area contributed by atoms with Crippen molar-refractivity contribution in [1.29, 1.82) is 0 Å². The van der Waals surface area contributed by atoms with Gasteiger partial charge in [0.25, 0.3) is 0 Å². The van der Waals surface area contributed by atoms with E-state index in [1.165, 1.54) is 52.6 Å².